The second kappa shape index (κ2) is 5.79. The Balaban J connectivity index is 1.88. The van der Waals surface area contributed by atoms with Gasteiger partial charge in [-0.2, -0.15) is 0 Å². The van der Waals surface area contributed by atoms with Crippen molar-refractivity contribution in [1.82, 2.24) is 0 Å². The van der Waals surface area contributed by atoms with Crippen molar-refractivity contribution in [3.05, 3.63) is 35.0 Å². The second-order valence-electron chi connectivity index (χ2n) is 6.07. The summed E-state index contributed by atoms with van der Waals surface area (Å²) in [5.41, 5.74) is 7.25. The number of hydrogen-bond acceptors (Lipinski definition) is 2. The standard InChI is InChI=1S/C17H22ClNO/c1-2-3-11-4-6-15(19)14(8-11)17-10-12-9-13(18)5-7-16(12)20-17/h5,7,9-11,14-15H,2-4,6,8,19H2,1H3. The van der Waals surface area contributed by atoms with Gasteiger partial charge in [-0.1, -0.05) is 31.4 Å². The van der Waals surface area contributed by atoms with Gasteiger partial charge in [0, 0.05) is 22.4 Å². The fourth-order valence-corrected chi connectivity index (χ4v) is 3.68. The Morgan fingerprint density at radius 2 is 2.15 bits per heavy atom. The molecule has 108 valence electrons. The first-order valence-electron chi connectivity index (χ1n) is 7.62. The maximum atomic E-state index is 6.34. The van der Waals surface area contributed by atoms with E-state index in [1.165, 1.54) is 19.3 Å². The summed E-state index contributed by atoms with van der Waals surface area (Å²) in [6.45, 7) is 2.26. The molecule has 1 heterocycles. The van der Waals surface area contributed by atoms with Gasteiger partial charge in [0.05, 0.1) is 0 Å². The average Bonchev–Trinajstić information content (AvgIpc) is 2.84. The van der Waals surface area contributed by atoms with Crippen molar-refractivity contribution in [2.75, 3.05) is 0 Å². The van der Waals surface area contributed by atoms with E-state index in [9.17, 15) is 0 Å². The largest absolute Gasteiger partial charge is 0.461 e. The molecule has 3 heteroatoms. The van der Waals surface area contributed by atoms with Crippen molar-refractivity contribution in [2.45, 2.75) is 51.0 Å². The van der Waals surface area contributed by atoms with E-state index in [-0.39, 0.29) is 6.04 Å². The first-order chi connectivity index (χ1) is 9.67. The molecule has 1 aromatic carbocycles. The van der Waals surface area contributed by atoms with Crippen LogP contribution in [-0.4, -0.2) is 6.04 Å². The average molecular weight is 292 g/mol. The highest BCUT2D eigenvalue weighted by molar-refractivity contribution is 6.31. The van der Waals surface area contributed by atoms with Crippen molar-refractivity contribution in [2.24, 2.45) is 11.7 Å². The monoisotopic (exact) mass is 291 g/mol. The van der Waals surface area contributed by atoms with Crippen LogP contribution in [0, 0.1) is 5.92 Å². The van der Waals surface area contributed by atoms with Crippen LogP contribution in [-0.2, 0) is 0 Å². The van der Waals surface area contributed by atoms with Gasteiger partial charge in [-0.3, -0.25) is 0 Å². The van der Waals surface area contributed by atoms with Crippen molar-refractivity contribution in [3.8, 4) is 0 Å². The zero-order valence-electron chi connectivity index (χ0n) is 11.9. The third kappa shape index (κ3) is 2.72. The summed E-state index contributed by atoms with van der Waals surface area (Å²) in [5.74, 6) is 2.18. The summed E-state index contributed by atoms with van der Waals surface area (Å²) in [5, 5.41) is 1.83. The molecular formula is C17H22ClNO. The number of nitrogens with two attached hydrogens (primary N) is 1. The van der Waals surface area contributed by atoms with Gasteiger partial charge in [0.15, 0.2) is 0 Å². The van der Waals surface area contributed by atoms with Crippen molar-refractivity contribution in [3.63, 3.8) is 0 Å². The van der Waals surface area contributed by atoms with Gasteiger partial charge in [0.1, 0.15) is 11.3 Å². The normalized spacial score (nSPS) is 27.1. The summed E-state index contributed by atoms with van der Waals surface area (Å²) in [7, 11) is 0. The molecule has 1 aromatic heterocycles. The van der Waals surface area contributed by atoms with Crippen molar-refractivity contribution >= 4 is 22.6 Å². The summed E-state index contributed by atoms with van der Waals surface area (Å²) in [6.07, 6.45) is 6.07. The van der Waals surface area contributed by atoms with Crippen LogP contribution in [0.1, 0.15) is 50.7 Å². The van der Waals surface area contributed by atoms with E-state index in [0.29, 0.717) is 5.92 Å². The lowest BCUT2D eigenvalue weighted by atomic mass is 9.75. The van der Waals surface area contributed by atoms with Crippen molar-refractivity contribution in [1.29, 1.82) is 0 Å². The zero-order valence-corrected chi connectivity index (χ0v) is 12.7. The first kappa shape index (κ1) is 14.0. The fraction of sp³-hybridized carbons (Fsp3) is 0.529. The van der Waals surface area contributed by atoms with E-state index >= 15 is 0 Å². The summed E-state index contributed by atoms with van der Waals surface area (Å²) in [6, 6.07) is 8.12. The molecule has 1 saturated carbocycles. The molecule has 1 aliphatic rings. The van der Waals surface area contributed by atoms with Crippen LogP contribution in [0.5, 0.6) is 0 Å². The number of halogens is 1. The number of fused-ring (bicyclic) bond motifs is 1. The maximum Gasteiger partial charge on any atom is 0.134 e. The number of furan rings is 1. The minimum Gasteiger partial charge on any atom is -0.461 e. The topological polar surface area (TPSA) is 39.2 Å². The minimum atomic E-state index is 0.221. The Bertz CT molecular complexity index is 592. The van der Waals surface area contributed by atoms with Crippen LogP contribution in [0.15, 0.2) is 28.7 Å². The van der Waals surface area contributed by atoms with E-state index in [1.807, 2.05) is 18.2 Å². The summed E-state index contributed by atoms with van der Waals surface area (Å²) in [4.78, 5) is 0. The van der Waals surface area contributed by atoms with Gasteiger partial charge in [-0.05, 0) is 49.4 Å². The highest BCUT2D eigenvalue weighted by atomic mass is 35.5. The van der Waals surface area contributed by atoms with E-state index < -0.39 is 0 Å². The molecule has 0 radical (unpaired) electrons. The lowest BCUT2D eigenvalue weighted by Gasteiger charge is -2.32. The molecule has 3 unspecified atom stereocenters. The van der Waals surface area contributed by atoms with Crippen LogP contribution < -0.4 is 5.73 Å². The summed E-state index contributed by atoms with van der Waals surface area (Å²) >= 11 is 6.04. The third-order valence-corrected chi connectivity index (χ3v) is 4.81. The molecule has 20 heavy (non-hydrogen) atoms. The number of hydrogen-bond donors (Lipinski definition) is 1. The van der Waals surface area contributed by atoms with Gasteiger partial charge in [-0.15, -0.1) is 0 Å². The first-order valence-corrected chi connectivity index (χ1v) is 7.99. The van der Waals surface area contributed by atoms with Crippen LogP contribution in [0.4, 0.5) is 0 Å². The SMILES string of the molecule is CCCC1CCC(N)C(c2cc3cc(Cl)ccc3o2)C1. The number of benzene rings is 1. The van der Waals surface area contributed by atoms with E-state index in [0.717, 1.165) is 40.5 Å². The minimum absolute atomic E-state index is 0.221. The maximum absolute atomic E-state index is 6.34. The van der Waals surface area contributed by atoms with Crippen molar-refractivity contribution < 1.29 is 4.42 Å². The predicted octanol–water partition coefficient (Wildman–Crippen LogP) is 5.10. The van der Waals surface area contributed by atoms with Gasteiger partial charge < -0.3 is 10.2 Å². The highest BCUT2D eigenvalue weighted by Gasteiger charge is 2.31. The molecule has 0 spiro atoms. The highest BCUT2D eigenvalue weighted by Crippen LogP contribution is 2.39. The van der Waals surface area contributed by atoms with E-state index in [1.54, 1.807) is 0 Å². The van der Waals surface area contributed by atoms with Crippen LogP contribution in [0.3, 0.4) is 0 Å². The molecule has 0 bridgehead atoms. The quantitative estimate of drug-likeness (QED) is 0.855. The Kier molecular flexibility index (Phi) is 4.04. The van der Waals surface area contributed by atoms with E-state index in [4.69, 9.17) is 21.8 Å². The molecule has 0 saturated heterocycles. The smallest absolute Gasteiger partial charge is 0.134 e. The molecule has 0 aliphatic heterocycles. The van der Waals surface area contributed by atoms with Gasteiger partial charge in [0.25, 0.3) is 0 Å². The summed E-state index contributed by atoms with van der Waals surface area (Å²) < 4.78 is 6.02. The molecule has 1 fully saturated rings. The van der Waals surface area contributed by atoms with Gasteiger partial charge in [-0.25, -0.2) is 0 Å². The molecular weight excluding hydrogens is 270 g/mol. The Morgan fingerprint density at radius 3 is 2.95 bits per heavy atom. The van der Waals surface area contributed by atoms with Crippen LogP contribution >= 0.6 is 11.6 Å². The van der Waals surface area contributed by atoms with Crippen LogP contribution in [0.25, 0.3) is 11.0 Å². The Hall–Kier alpha value is -0.990. The van der Waals surface area contributed by atoms with Gasteiger partial charge >= 0.3 is 0 Å². The predicted molar refractivity (Wildman–Crippen MR) is 84.2 cm³/mol. The molecule has 1 aliphatic carbocycles. The second-order valence-corrected chi connectivity index (χ2v) is 6.51. The molecule has 2 aromatic rings. The zero-order chi connectivity index (χ0) is 14.1. The third-order valence-electron chi connectivity index (χ3n) is 4.57. The molecule has 2 N–H and O–H groups in total. The lowest BCUT2D eigenvalue weighted by molar-refractivity contribution is 0.254. The molecule has 0 amide bonds. The molecule has 2 nitrogen and oxygen atoms in total. The van der Waals surface area contributed by atoms with Gasteiger partial charge in [0.2, 0.25) is 0 Å². The van der Waals surface area contributed by atoms with E-state index in [2.05, 4.69) is 13.0 Å². The molecule has 3 rings (SSSR count). The number of rotatable bonds is 3. The molecule has 3 atom stereocenters. The Labute approximate surface area is 125 Å². The lowest BCUT2D eigenvalue weighted by Crippen LogP contribution is -2.34. The Morgan fingerprint density at radius 1 is 1.30 bits per heavy atom. The van der Waals surface area contributed by atoms with Crippen LogP contribution in [0.2, 0.25) is 5.02 Å². The fourth-order valence-electron chi connectivity index (χ4n) is 3.50.